The molecule has 0 aliphatic heterocycles. The van der Waals surface area contributed by atoms with Crippen LogP contribution in [-0.4, -0.2) is 0 Å². The van der Waals surface area contributed by atoms with Crippen molar-refractivity contribution >= 4 is 32.3 Å². The van der Waals surface area contributed by atoms with Gasteiger partial charge in [-0.3, -0.25) is 0 Å². The van der Waals surface area contributed by atoms with Crippen molar-refractivity contribution in [3.8, 4) is 0 Å². The van der Waals surface area contributed by atoms with Crippen molar-refractivity contribution < 1.29 is 1.37 Å². The molecule has 0 heterocycles. The van der Waals surface area contributed by atoms with Gasteiger partial charge in [0, 0.05) is 0 Å². The molecule has 4 aromatic carbocycles. The van der Waals surface area contributed by atoms with E-state index < -0.39 is 0 Å². The fourth-order valence-corrected chi connectivity index (χ4v) is 2.81. The summed E-state index contributed by atoms with van der Waals surface area (Å²) < 4.78 is 8.04. The quantitative estimate of drug-likeness (QED) is 0.368. The van der Waals surface area contributed by atoms with Crippen LogP contribution in [0.25, 0.3) is 32.3 Å². The monoisotopic (exact) mass is 217 g/mol. The molecule has 0 bridgehead atoms. The molecule has 0 spiro atoms. The topological polar surface area (TPSA) is 0 Å². The zero-order valence-electron chi connectivity index (χ0n) is 10.6. The third-order valence-electron chi connectivity index (χ3n) is 3.66. The minimum Gasteiger partial charge on any atom is -0.0610 e. The molecular weight excluding hydrogens is 204 g/mol. The lowest BCUT2D eigenvalue weighted by Crippen LogP contribution is -1.85. The first-order valence-corrected chi connectivity index (χ1v) is 5.89. The molecule has 4 aromatic rings. The lowest BCUT2D eigenvalue weighted by Gasteiger charge is -2.11. The van der Waals surface area contributed by atoms with Gasteiger partial charge in [0.15, 0.2) is 0 Å². The molecule has 0 heteroatoms. The van der Waals surface area contributed by atoms with Crippen molar-refractivity contribution in [2.24, 2.45) is 0 Å². The van der Waals surface area contributed by atoms with Crippen LogP contribution in [0.4, 0.5) is 0 Å². The molecular formula is C17H12. The average molecular weight is 217 g/mol. The van der Waals surface area contributed by atoms with E-state index in [0.29, 0.717) is 6.04 Å². The van der Waals surface area contributed by atoms with Gasteiger partial charge < -0.3 is 0 Å². The van der Waals surface area contributed by atoms with E-state index in [0.717, 1.165) is 5.56 Å². The van der Waals surface area contributed by atoms with Gasteiger partial charge >= 0.3 is 0 Å². The molecule has 0 saturated carbocycles. The molecule has 17 heavy (non-hydrogen) atoms. The SMILES string of the molecule is [2H]c1cc2ccc3cccc4ccc(c1C)c2c34. The molecule has 0 aliphatic rings. The lowest BCUT2D eigenvalue weighted by atomic mass is 9.92. The smallest absolute Gasteiger partial charge is 0.0610 e. The summed E-state index contributed by atoms with van der Waals surface area (Å²) in [6.07, 6.45) is 0. The highest BCUT2D eigenvalue weighted by atomic mass is 14.1. The van der Waals surface area contributed by atoms with Crippen molar-refractivity contribution in [3.05, 3.63) is 60.1 Å². The van der Waals surface area contributed by atoms with Crippen LogP contribution < -0.4 is 0 Å². The summed E-state index contributed by atoms with van der Waals surface area (Å²) in [6.45, 7) is 2.04. The van der Waals surface area contributed by atoms with Crippen LogP contribution in [0.1, 0.15) is 6.93 Å². The van der Waals surface area contributed by atoms with Crippen molar-refractivity contribution in [3.63, 3.8) is 0 Å². The highest BCUT2D eigenvalue weighted by Crippen LogP contribution is 2.35. The minimum absolute atomic E-state index is 0.626. The first-order valence-electron chi connectivity index (χ1n) is 6.39. The van der Waals surface area contributed by atoms with Crippen LogP contribution in [0.15, 0.2) is 54.6 Å². The first kappa shape index (κ1) is 8.08. The predicted octanol–water partition coefficient (Wildman–Crippen LogP) is 4.89. The van der Waals surface area contributed by atoms with Crippen molar-refractivity contribution in [2.75, 3.05) is 0 Å². The van der Waals surface area contributed by atoms with Gasteiger partial charge in [0.05, 0.1) is 1.37 Å². The molecule has 0 saturated heterocycles. The van der Waals surface area contributed by atoms with Crippen LogP contribution in [0.2, 0.25) is 0 Å². The Morgan fingerprint density at radius 1 is 0.765 bits per heavy atom. The molecule has 80 valence electrons. The Morgan fingerprint density at radius 2 is 1.41 bits per heavy atom. The summed E-state index contributed by atoms with van der Waals surface area (Å²) >= 11 is 0. The van der Waals surface area contributed by atoms with Crippen molar-refractivity contribution in [1.82, 2.24) is 0 Å². The normalized spacial score (nSPS) is 12.6. The summed E-state index contributed by atoms with van der Waals surface area (Å²) in [5, 5.41) is 7.58. The number of hydrogen-bond donors (Lipinski definition) is 0. The summed E-state index contributed by atoms with van der Waals surface area (Å²) in [7, 11) is 0. The highest BCUT2D eigenvalue weighted by molar-refractivity contribution is 6.23. The van der Waals surface area contributed by atoms with Crippen LogP contribution in [-0.2, 0) is 0 Å². The number of benzene rings is 4. The fraction of sp³-hybridized carbons (Fsp3) is 0.0588. The largest absolute Gasteiger partial charge is 0.0626 e. The maximum absolute atomic E-state index is 8.04. The second-order valence-electron chi connectivity index (χ2n) is 4.64. The molecule has 0 atom stereocenters. The first-order chi connectivity index (χ1) is 8.75. The van der Waals surface area contributed by atoms with E-state index in [1.165, 1.54) is 32.3 Å². The summed E-state index contributed by atoms with van der Waals surface area (Å²) in [5.74, 6) is 0. The Morgan fingerprint density at radius 3 is 2.18 bits per heavy atom. The Balaban J connectivity index is 2.46. The average Bonchev–Trinajstić information content (AvgIpc) is 2.40. The summed E-state index contributed by atoms with van der Waals surface area (Å²) in [5.41, 5.74) is 1.07. The van der Waals surface area contributed by atoms with E-state index in [1.807, 2.05) is 13.0 Å². The molecule has 0 aromatic heterocycles. The standard InChI is InChI=1S/C17H12/c1-11-5-6-14-8-7-12-3-2-4-13-9-10-15(11)17(14)16(12)13/h2-10H,1H3/i5D. The minimum atomic E-state index is 0.626. The van der Waals surface area contributed by atoms with Gasteiger partial charge in [-0.1, -0.05) is 54.6 Å². The van der Waals surface area contributed by atoms with E-state index in [2.05, 4.69) is 42.5 Å². The van der Waals surface area contributed by atoms with Crippen molar-refractivity contribution in [1.29, 1.82) is 0 Å². The summed E-state index contributed by atoms with van der Waals surface area (Å²) in [6, 6.07) is 17.6. The Kier molecular flexibility index (Phi) is 1.42. The zero-order chi connectivity index (χ0) is 12.3. The third-order valence-corrected chi connectivity index (χ3v) is 3.66. The second-order valence-corrected chi connectivity index (χ2v) is 4.64. The zero-order valence-corrected chi connectivity index (χ0v) is 9.62. The van der Waals surface area contributed by atoms with Crippen LogP contribution in [0, 0.1) is 6.92 Å². The number of aryl methyl sites for hydroxylation is 1. The maximum atomic E-state index is 8.04. The molecule has 0 amide bonds. The Hall–Kier alpha value is -2.08. The second kappa shape index (κ2) is 2.98. The lowest BCUT2D eigenvalue weighted by molar-refractivity contribution is 1.55. The highest BCUT2D eigenvalue weighted by Gasteiger charge is 2.08. The van der Waals surface area contributed by atoms with Crippen LogP contribution in [0.5, 0.6) is 0 Å². The molecule has 0 fully saturated rings. The van der Waals surface area contributed by atoms with Crippen LogP contribution >= 0.6 is 0 Å². The molecule has 0 N–H and O–H groups in total. The molecule has 4 rings (SSSR count). The predicted molar refractivity (Wildman–Crippen MR) is 74.9 cm³/mol. The molecule has 0 radical (unpaired) electrons. The molecule has 0 nitrogen and oxygen atoms in total. The number of rotatable bonds is 0. The van der Waals surface area contributed by atoms with Crippen molar-refractivity contribution in [2.45, 2.75) is 6.92 Å². The van der Waals surface area contributed by atoms with E-state index >= 15 is 0 Å². The molecule has 0 aliphatic carbocycles. The Bertz CT molecular complexity index is 874. The van der Waals surface area contributed by atoms with Gasteiger partial charge in [0.1, 0.15) is 0 Å². The summed E-state index contributed by atoms with van der Waals surface area (Å²) in [4.78, 5) is 0. The van der Waals surface area contributed by atoms with Crippen LogP contribution in [0.3, 0.4) is 0 Å². The van der Waals surface area contributed by atoms with Gasteiger partial charge in [-0.2, -0.15) is 0 Å². The van der Waals surface area contributed by atoms with Gasteiger partial charge in [-0.25, -0.2) is 0 Å². The van der Waals surface area contributed by atoms with E-state index in [9.17, 15) is 0 Å². The van der Waals surface area contributed by atoms with Gasteiger partial charge in [0.2, 0.25) is 0 Å². The van der Waals surface area contributed by atoms with Gasteiger partial charge in [0.25, 0.3) is 0 Å². The third kappa shape index (κ3) is 1.07. The van der Waals surface area contributed by atoms with E-state index in [1.54, 1.807) is 0 Å². The van der Waals surface area contributed by atoms with E-state index in [-0.39, 0.29) is 0 Å². The molecule has 0 unspecified atom stereocenters. The maximum Gasteiger partial charge on any atom is 0.0626 e. The van der Waals surface area contributed by atoms with E-state index in [4.69, 9.17) is 1.37 Å². The van der Waals surface area contributed by atoms with Gasteiger partial charge in [-0.15, -0.1) is 0 Å². The fourth-order valence-electron chi connectivity index (χ4n) is 2.81. The Labute approximate surface area is 101 Å². The number of hydrogen-bond acceptors (Lipinski definition) is 0. The van der Waals surface area contributed by atoms with Gasteiger partial charge in [-0.05, 0) is 44.8 Å².